The van der Waals surface area contributed by atoms with Crippen LogP contribution in [0, 0.1) is 12.7 Å². The van der Waals surface area contributed by atoms with E-state index in [4.69, 9.17) is 12.2 Å². The average molecular weight is 419 g/mol. The Hall–Kier alpha value is -2.25. The van der Waals surface area contributed by atoms with Gasteiger partial charge in [-0.2, -0.15) is 5.10 Å². The van der Waals surface area contributed by atoms with Crippen LogP contribution in [0.2, 0.25) is 0 Å². The number of rotatable bonds is 4. The van der Waals surface area contributed by atoms with E-state index in [0.717, 1.165) is 4.47 Å². The van der Waals surface area contributed by atoms with Crippen LogP contribution in [-0.4, -0.2) is 14.9 Å². The fourth-order valence-corrected chi connectivity index (χ4v) is 2.88. The molecule has 2 N–H and O–H groups in total. The maximum atomic E-state index is 12.9. The van der Waals surface area contributed by atoms with Crippen molar-refractivity contribution in [2.45, 2.75) is 13.5 Å². The van der Waals surface area contributed by atoms with Crippen molar-refractivity contribution in [2.24, 2.45) is 0 Å². The van der Waals surface area contributed by atoms with Crippen molar-refractivity contribution in [3.05, 3.63) is 76.1 Å². The first-order chi connectivity index (χ1) is 12.0. The van der Waals surface area contributed by atoms with Crippen LogP contribution in [0.1, 0.15) is 11.1 Å². The van der Waals surface area contributed by atoms with E-state index < -0.39 is 0 Å². The molecule has 0 amide bonds. The van der Waals surface area contributed by atoms with Crippen molar-refractivity contribution >= 4 is 44.8 Å². The first kappa shape index (κ1) is 17.6. The molecule has 0 saturated heterocycles. The number of aryl methyl sites for hydroxylation is 1. The molecule has 0 radical (unpaired) electrons. The highest BCUT2D eigenvalue weighted by molar-refractivity contribution is 9.10. The minimum atomic E-state index is -0.290. The van der Waals surface area contributed by atoms with Gasteiger partial charge in [0, 0.05) is 11.9 Å². The summed E-state index contributed by atoms with van der Waals surface area (Å²) in [5, 5.41) is 10.9. The molecule has 0 aliphatic carbocycles. The van der Waals surface area contributed by atoms with Crippen LogP contribution in [0.15, 0.2) is 59.2 Å². The van der Waals surface area contributed by atoms with Crippen LogP contribution in [0.4, 0.5) is 15.9 Å². The SMILES string of the molecule is Cc1ccc(Cn2cc(Br)c(NC(=S)Nc3ccc(F)cc3)n2)cc1. The zero-order valence-electron chi connectivity index (χ0n) is 13.5. The van der Waals surface area contributed by atoms with Crippen molar-refractivity contribution in [1.29, 1.82) is 0 Å². The molecule has 3 aromatic rings. The summed E-state index contributed by atoms with van der Waals surface area (Å²) in [6, 6.07) is 14.3. The summed E-state index contributed by atoms with van der Waals surface area (Å²) in [6.07, 6.45) is 1.89. The highest BCUT2D eigenvalue weighted by Gasteiger charge is 2.09. The van der Waals surface area contributed by atoms with Gasteiger partial charge in [0.2, 0.25) is 0 Å². The number of hydrogen-bond acceptors (Lipinski definition) is 2. The van der Waals surface area contributed by atoms with Crippen molar-refractivity contribution in [3.63, 3.8) is 0 Å². The summed E-state index contributed by atoms with van der Waals surface area (Å²) in [5.74, 6) is 0.328. The largest absolute Gasteiger partial charge is 0.332 e. The fraction of sp³-hybridized carbons (Fsp3) is 0.111. The van der Waals surface area contributed by atoms with Gasteiger partial charge in [0.1, 0.15) is 5.82 Å². The number of benzene rings is 2. The monoisotopic (exact) mass is 418 g/mol. The molecule has 0 spiro atoms. The van der Waals surface area contributed by atoms with Gasteiger partial charge in [0.15, 0.2) is 10.9 Å². The van der Waals surface area contributed by atoms with Gasteiger partial charge in [-0.25, -0.2) is 4.39 Å². The average Bonchev–Trinajstić information content (AvgIpc) is 2.91. The van der Waals surface area contributed by atoms with Crippen LogP contribution < -0.4 is 10.6 Å². The van der Waals surface area contributed by atoms with E-state index in [9.17, 15) is 4.39 Å². The van der Waals surface area contributed by atoms with Gasteiger partial charge < -0.3 is 10.6 Å². The Morgan fingerprint density at radius 3 is 2.48 bits per heavy atom. The second-order valence-corrected chi connectivity index (χ2v) is 6.86. The first-order valence-electron chi connectivity index (χ1n) is 7.62. The molecule has 3 rings (SSSR count). The fourth-order valence-electron chi connectivity index (χ4n) is 2.25. The van der Waals surface area contributed by atoms with Gasteiger partial charge in [0.05, 0.1) is 11.0 Å². The van der Waals surface area contributed by atoms with Gasteiger partial charge in [-0.3, -0.25) is 4.68 Å². The third-order valence-electron chi connectivity index (χ3n) is 3.52. The van der Waals surface area contributed by atoms with Gasteiger partial charge in [-0.1, -0.05) is 29.8 Å². The van der Waals surface area contributed by atoms with Crippen LogP contribution in [0.25, 0.3) is 0 Å². The summed E-state index contributed by atoms with van der Waals surface area (Å²) in [5.41, 5.74) is 3.10. The summed E-state index contributed by atoms with van der Waals surface area (Å²) in [7, 11) is 0. The Balaban J connectivity index is 1.64. The Morgan fingerprint density at radius 1 is 1.12 bits per heavy atom. The molecular formula is C18H16BrFN4S. The summed E-state index contributed by atoms with van der Waals surface area (Å²) in [4.78, 5) is 0. The predicted octanol–water partition coefficient (Wildman–Crippen LogP) is 4.95. The van der Waals surface area contributed by atoms with E-state index in [2.05, 4.69) is 62.9 Å². The van der Waals surface area contributed by atoms with Crippen molar-refractivity contribution in [1.82, 2.24) is 9.78 Å². The molecule has 7 heteroatoms. The molecular weight excluding hydrogens is 403 g/mol. The molecule has 128 valence electrons. The number of nitrogens with zero attached hydrogens (tertiary/aromatic N) is 2. The molecule has 0 bridgehead atoms. The summed E-state index contributed by atoms with van der Waals surface area (Å²) < 4.78 is 15.6. The number of anilines is 2. The normalized spacial score (nSPS) is 10.5. The third-order valence-corrected chi connectivity index (χ3v) is 4.30. The molecule has 0 aliphatic rings. The van der Waals surface area contributed by atoms with Gasteiger partial charge >= 0.3 is 0 Å². The van der Waals surface area contributed by atoms with Crippen LogP contribution >= 0.6 is 28.1 Å². The molecule has 1 aromatic heterocycles. The zero-order valence-corrected chi connectivity index (χ0v) is 15.9. The van der Waals surface area contributed by atoms with Crippen LogP contribution in [-0.2, 0) is 6.54 Å². The maximum absolute atomic E-state index is 12.9. The van der Waals surface area contributed by atoms with E-state index in [1.54, 1.807) is 12.1 Å². The number of aromatic nitrogens is 2. The highest BCUT2D eigenvalue weighted by Crippen LogP contribution is 2.21. The first-order valence-corrected chi connectivity index (χ1v) is 8.82. The molecule has 25 heavy (non-hydrogen) atoms. The molecule has 0 unspecified atom stereocenters. The topological polar surface area (TPSA) is 41.9 Å². The quantitative estimate of drug-likeness (QED) is 0.588. The lowest BCUT2D eigenvalue weighted by atomic mass is 10.1. The minimum Gasteiger partial charge on any atom is -0.332 e. The lowest BCUT2D eigenvalue weighted by Gasteiger charge is -2.09. The van der Waals surface area contributed by atoms with Gasteiger partial charge in [-0.15, -0.1) is 0 Å². The van der Waals surface area contributed by atoms with E-state index in [0.29, 0.717) is 23.2 Å². The van der Waals surface area contributed by atoms with E-state index in [1.165, 1.54) is 23.3 Å². The maximum Gasteiger partial charge on any atom is 0.176 e. The molecule has 0 fully saturated rings. The van der Waals surface area contributed by atoms with E-state index in [-0.39, 0.29) is 5.82 Å². The predicted molar refractivity (Wildman–Crippen MR) is 106 cm³/mol. The summed E-state index contributed by atoms with van der Waals surface area (Å²) in [6.45, 7) is 2.73. The van der Waals surface area contributed by atoms with Crippen molar-refractivity contribution in [2.75, 3.05) is 10.6 Å². The third kappa shape index (κ3) is 4.87. The Labute approximate surface area is 159 Å². The van der Waals surface area contributed by atoms with Crippen LogP contribution in [0.3, 0.4) is 0 Å². The Kier molecular flexibility index (Phi) is 5.45. The molecule has 4 nitrogen and oxygen atoms in total. The van der Waals surface area contributed by atoms with Crippen molar-refractivity contribution < 1.29 is 4.39 Å². The zero-order chi connectivity index (χ0) is 17.8. The van der Waals surface area contributed by atoms with Crippen LogP contribution in [0.5, 0.6) is 0 Å². The summed E-state index contributed by atoms with van der Waals surface area (Å²) >= 11 is 8.76. The Bertz CT molecular complexity index is 875. The van der Waals surface area contributed by atoms with Gasteiger partial charge in [0.25, 0.3) is 0 Å². The molecule has 2 aromatic carbocycles. The highest BCUT2D eigenvalue weighted by atomic mass is 79.9. The molecule has 0 atom stereocenters. The molecule has 0 saturated carbocycles. The number of halogens is 2. The lowest BCUT2D eigenvalue weighted by Crippen LogP contribution is -2.19. The smallest absolute Gasteiger partial charge is 0.176 e. The number of nitrogens with one attached hydrogen (secondary N) is 2. The van der Waals surface area contributed by atoms with E-state index in [1.807, 2.05) is 10.9 Å². The Morgan fingerprint density at radius 2 is 1.80 bits per heavy atom. The van der Waals surface area contributed by atoms with Gasteiger partial charge in [-0.05, 0) is 64.9 Å². The lowest BCUT2D eigenvalue weighted by molar-refractivity contribution is 0.628. The second kappa shape index (κ2) is 7.76. The van der Waals surface area contributed by atoms with Crippen molar-refractivity contribution in [3.8, 4) is 0 Å². The molecule has 0 aliphatic heterocycles. The number of hydrogen-bond donors (Lipinski definition) is 2. The minimum absolute atomic E-state index is 0.290. The van der Waals surface area contributed by atoms with E-state index >= 15 is 0 Å². The standard InChI is InChI=1S/C18H16BrFN4S/c1-12-2-4-13(5-3-12)10-24-11-16(19)17(23-24)22-18(25)21-15-8-6-14(20)7-9-15/h2-9,11H,10H2,1H3,(H2,21,22,23,25). The second-order valence-electron chi connectivity index (χ2n) is 5.59. The number of thiocarbonyl (C=S) groups is 1. The molecule has 1 heterocycles.